The van der Waals surface area contributed by atoms with E-state index in [2.05, 4.69) is 15.9 Å². The average Bonchev–Trinajstić information content (AvgIpc) is 2.20. The van der Waals surface area contributed by atoms with E-state index in [0.29, 0.717) is 6.42 Å². The highest BCUT2D eigenvalue weighted by atomic mass is 79.9. The lowest BCUT2D eigenvalue weighted by atomic mass is 10.2. The second-order valence-electron chi connectivity index (χ2n) is 3.31. The highest BCUT2D eigenvalue weighted by Gasteiger charge is 2.06. The maximum Gasteiger partial charge on any atom is 0.223 e. The summed E-state index contributed by atoms with van der Waals surface area (Å²) in [5, 5.41) is 1.07. The van der Waals surface area contributed by atoms with Crippen LogP contribution in [0.4, 0.5) is 0 Å². The molecule has 0 spiro atoms. The molecule has 0 aromatic rings. The largest absolute Gasteiger partial charge is 0.346 e. The van der Waals surface area contributed by atoms with Crippen molar-refractivity contribution >= 4 is 33.6 Å². The van der Waals surface area contributed by atoms with Crippen LogP contribution in [0.3, 0.4) is 0 Å². The van der Waals surface area contributed by atoms with Gasteiger partial charge in [0.25, 0.3) is 0 Å². The van der Waals surface area contributed by atoms with Gasteiger partial charge in [-0.2, -0.15) is 11.8 Å². The van der Waals surface area contributed by atoms with Gasteiger partial charge < -0.3 is 4.90 Å². The van der Waals surface area contributed by atoms with Gasteiger partial charge in [-0.3, -0.25) is 4.79 Å². The first-order chi connectivity index (χ1) is 6.72. The van der Waals surface area contributed by atoms with Crippen molar-refractivity contribution in [1.82, 2.24) is 4.90 Å². The van der Waals surface area contributed by atoms with Crippen molar-refractivity contribution < 1.29 is 4.79 Å². The predicted octanol–water partition coefficient (Wildman–Crippen LogP) is 2.76. The first-order valence-electron chi connectivity index (χ1n) is 5.01. The Morgan fingerprint density at radius 2 is 2.07 bits per heavy atom. The molecule has 0 saturated carbocycles. The standard InChI is InChI=1S/C10H20BrNOS/c1-12(8-5-3-4-7-11)10(13)6-9-14-2/h3-9H2,1-2H3. The van der Waals surface area contributed by atoms with Gasteiger partial charge >= 0.3 is 0 Å². The Morgan fingerprint density at radius 1 is 1.36 bits per heavy atom. The quantitative estimate of drug-likeness (QED) is 0.504. The van der Waals surface area contributed by atoms with Crippen molar-refractivity contribution in [1.29, 1.82) is 0 Å². The van der Waals surface area contributed by atoms with Gasteiger partial charge in [0.1, 0.15) is 0 Å². The smallest absolute Gasteiger partial charge is 0.223 e. The van der Waals surface area contributed by atoms with Crippen LogP contribution < -0.4 is 0 Å². The minimum absolute atomic E-state index is 0.276. The lowest BCUT2D eigenvalue weighted by molar-refractivity contribution is -0.129. The minimum atomic E-state index is 0.276. The van der Waals surface area contributed by atoms with Crippen LogP contribution in [0, 0.1) is 0 Å². The molecule has 0 bridgehead atoms. The summed E-state index contributed by atoms with van der Waals surface area (Å²) in [6.45, 7) is 0.903. The number of carbonyl (C=O) groups excluding carboxylic acids is 1. The van der Waals surface area contributed by atoms with Gasteiger partial charge in [0, 0.05) is 31.1 Å². The molecule has 0 aliphatic carbocycles. The lowest BCUT2D eigenvalue weighted by Gasteiger charge is -2.16. The van der Waals surface area contributed by atoms with E-state index in [9.17, 15) is 4.79 Å². The van der Waals surface area contributed by atoms with Gasteiger partial charge in [-0.25, -0.2) is 0 Å². The van der Waals surface area contributed by atoms with Crippen LogP contribution in [0.1, 0.15) is 25.7 Å². The third kappa shape index (κ3) is 7.68. The molecule has 0 radical (unpaired) electrons. The van der Waals surface area contributed by atoms with Crippen LogP contribution in [-0.2, 0) is 4.79 Å². The van der Waals surface area contributed by atoms with Crippen LogP contribution >= 0.6 is 27.7 Å². The minimum Gasteiger partial charge on any atom is -0.346 e. The Bertz CT molecular complexity index is 155. The molecule has 1 amide bonds. The summed E-state index contributed by atoms with van der Waals surface area (Å²) in [6, 6.07) is 0. The molecule has 0 aliphatic rings. The van der Waals surface area contributed by atoms with Gasteiger partial charge in [0.05, 0.1) is 0 Å². The van der Waals surface area contributed by atoms with Gasteiger partial charge in [-0.1, -0.05) is 22.4 Å². The summed E-state index contributed by atoms with van der Waals surface area (Å²) in [7, 11) is 1.90. The average molecular weight is 282 g/mol. The molecule has 0 aromatic carbocycles. The number of unbranched alkanes of at least 4 members (excludes halogenated alkanes) is 2. The van der Waals surface area contributed by atoms with Crippen LogP contribution in [0.2, 0.25) is 0 Å². The molecule has 0 atom stereocenters. The third-order valence-corrected chi connectivity index (χ3v) is 3.25. The molecule has 0 aliphatic heterocycles. The number of nitrogens with zero attached hydrogens (tertiary/aromatic N) is 1. The van der Waals surface area contributed by atoms with Gasteiger partial charge in [-0.05, 0) is 19.1 Å². The molecular weight excluding hydrogens is 262 g/mol. The zero-order valence-corrected chi connectivity index (χ0v) is 11.5. The number of rotatable bonds is 8. The maximum atomic E-state index is 11.5. The first-order valence-corrected chi connectivity index (χ1v) is 7.52. The predicted molar refractivity (Wildman–Crippen MR) is 68.3 cm³/mol. The Hall–Kier alpha value is 0.300. The number of hydrogen-bond donors (Lipinski definition) is 0. The molecule has 0 N–H and O–H groups in total. The van der Waals surface area contributed by atoms with E-state index < -0.39 is 0 Å². The zero-order chi connectivity index (χ0) is 10.8. The summed E-state index contributed by atoms with van der Waals surface area (Å²) in [4.78, 5) is 13.3. The number of alkyl halides is 1. The lowest BCUT2D eigenvalue weighted by Crippen LogP contribution is -2.27. The van der Waals surface area contributed by atoms with E-state index >= 15 is 0 Å². The van der Waals surface area contributed by atoms with E-state index in [4.69, 9.17) is 0 Å². The molecule has 0 heterocycles. The maximum absolute atomic E-state index is 11.5. The molecule has 0 fully saturated rings. The molecule has 0 aromatic heterocycles. The molecular formula is C10H20BrNOS. The summed E-state index contributed by atoms with van der Waals surface area (Å²) < 4.78 is 0. The first kappa shape index (κ1) is 14.3. The second-order valence-corrected chi connectivity index (χ2v) is 5.09. The van der Waals surface area contributed by atoms with E-state index in [1.807, 2.05) is 18.2 Å². The van der Waals surface area contributed by atoms with Crippen molar-refractivity contribution in [3.05, 3.63) is 0 Å². The fraction of sp³-hybridized carbons (Fsp3) is 0.900. The Kier molecular flexibility index (Phi) is 10.1. The molecule has 84 valence electrons. The fourth-order valence-electron chi connectivity index (χ4n) is 1.13. The number of hydrogen-bond acceptors (Lipinski definition) is 2. The summed E-state index contributed by atoms with van der Waals surface area (Å²) in [5.74, 6) is 1.21. The van der Waals surface area contributed by atoms with Crippen molar-refractivity contribution in [2.75, 3.05) is 30.9 Å². The highest BCUT2D eigenvalue weighted by molar-refractivity contribution is 9.09. The molecule has 0 rings (SSSR count). The highest BCUT2D eigenvalue weighted by Crippen LogP contribution is 2.03. The van der Waals surface area contributed by atoms with Crippen LogP contribution in [0.15, 0.2) is 0 Å². The van der Waals surface area contributed by atoms with E-state index in [1.54, 1.807) is 11.8 Å². The number of amides is 1. The van der Waals surface area contributed by atoms with E-state index in [1.165, 1.54) is 12.8 Å². The summed E-state index contributed by atoms with van der Waals surface area (Å²) in [5.41, 5.74) is 0. The van der Waals surface area contributed by atoms with E-state index in [0.717, 1.165) is 24.0 Å². The van der Waals surface area contributed by atoms with Crippen molar-refractivity contribution in [3.8, 4) is 0 Å². The van der Waals surface area contributed by atoms with Crippen LogP contribution in [0.25, 0.3) is 0 Å². The molecule has 0 saturated heterocycles. The Balaban J connectivity index is 3.42. The Morgan fingerprint density at radius 3 is 2.64 bits per heavy atom. The SMILES string of the molecule is CSCCC(=O)N(C)CCCCCBr. The molecule has 4 heteroatoms. The molecule has 0 unspecified atom stereocenters. The van der Waals surface area contributed by atoms with Crippen molar-refractivity contribution in [2.24, 2.45) is 0 Å². The summed E-state index contributed by atoms with van der Waals surface area (Å²) in [6.07, 6.45) is 6.23. The number of thioether (sulfide) groups is 1. The van der Waals surface area contributed by atoms with Gasteiger partial charge in [0.2, 0.25) is 5.91 Å². The van der Waals surface area contributed by atoms with Crippen molar-refractivity contribution in [3.63, 3.8) is 0 Å². The van der Waals surface area contributed by atoms with Crippen LogP contribution in [-0.4, -0.2) is 41.7 Å². The fourth-order valence-corrected chi connectivity index (χ4v) is 1.90. The van der Waals surface area contributed by atoms with E-state index in [-0.39, 0.29) is 5.91 Å². The normalized spacial score (nSPS) is 10.2. The zero-order valence-electron chi connectivity index (χ0n) is 9.09. The number of carbonyl (C=O) groups is 1. The Labute approximate surface area is 99.9 Å². The molecule has 14 heavy (non-hydrogen) atoms. The van der Waals surface area contributed by atoms with Crippen LogP contribution in [0.5, 0.6) is 0 Å². The number of halogens is 1. The summed E-state index contributed by atoms with van der Waals surface area (Å²) >= 11 is 5.12. The monoisotopic (exact) mass is 281 g/mol. The molecule has 2 nitrogen and oxygen atoms in total. The third-order valence-electron chi connectivity index (χ3n) is 2.07. The topological polar surface area (TPSA) is 20.3 Å². The van der Waals surface area contributed by atoms with Gasteiger partial charge in [-0.15, -0.1) is 0 Å². The van der Waals surface area contributed by atoms with Gasteiger partial charge in [0.15, 0.2) is 0 Å². The van der Waals surface area contributed by atoms with Crippen molar-refractivity contribution in [2.45, 2.75) is 25.7 Å². The second kappa shape index (κ2) is 9.84.